The molecule has 0 bridgehead atoms. The average Bonchev–Trinajstić information content (AvgIpc) is 2.48. The van der Waals surface area contributed by atoms with Gasteiger partial charge in [-0.25, -0.2) is 0 Å². The van der Waals surface area contributed by atoms with E-state index in [2.05, 4.69) is 26.5 Å². The number of hydrogen-bond donors (Lipinski definition) is 1. The van der Waals surface area contributed by atoms with Gasteiger partial charge in [-0.2, -0.15) is 12.6 Å². The van der Waals surface area contributed by atoms with Crippen LogP contribution < -0.4 is 0 Å². The monoisotopic (exact) mass is 351 g/mol. The molecule has 7 heteroatoms. The predicted molar refractivity (Wildman–Crippen MR) is 95.3 cm³/mol. The van der Waals surface area contributed by atoms with Crippen molar-refractivity contribution >= 4 is 27.2 Å². The van der Waals surface area contributed by atoms with Crippen molar-refractivity contribution in [3.8, 4) is 0 Å². The van der Waals surface area contributed by atoms with E-state index in [-0.39, 0.29) is 11.0 Å². The number of ketones is 1. The van der Waals surface area contributed by atoms with Crippen LogP contribution in [-0.2, 0) is 18.1 Å². The molecule has 0 aliphatic heterocycles. The standard InChI is InChI=1S/C15H33NO4SSi/c1-7-8-15(21)13(2)11-14(17)9-10-22(18-5,19-6)20-12-16(3)4/h13,15,21H,7-12H2,1-6H3. The number of hydrogen-bond acceptors (Lipinski definition) is 6. The highest BCUT2D eigenvalue weighted by Gasteiger charge is 2.39. The second-order valence-corrected chi connectivity index (χ2v) is 9.65. The van der Waals surface area contributed by atoms with Gasteiger partial charge in [-0.3, -0.25) is 9.69 Å². The Hall–Kier alpha value is 0.0769. The van der Waals surface area contributed by atoms with E-state index in [1.54, 1.807) is 14.2 Å². The fourth-order valence-corrected chi connectivity index (χ4v) is 4.53. The SMILES string of the molecule is CCCC(S)C(C)CC(=O)CC[Si](OC)(OC)OCN(C)C. The summed E-state index contributed by atoms with van der Waals surface area (Å²) in [5, 5.41) is 0.283. The van der Waals surface area contributed by atoms with Crippen molar-refractivity contribution in [1.29, 1.82) is 0 Å². The highest BCUT2D eigenvalue weighted by molar-refractivity contribution is 7.81. The summed E-state index contributed by atoms with van der Waals surface area (Å²) in [5.74, 6) is 0.515. The van der Waals surface area contributed by atoms with Gasteiger partial charge in [-0.15, -0.1) is 0 Å². The summed E-state index contributed by atoms with van der Waals surface area (Å²) < 4.78 is 16.7. The normalized spacial score (nSPS) is 15.1. The van der Waals surface area contributed by atoms with Crippen LogP contribution in [0.25, 0.3) is 0 Å². The first-order valence-electron chi connectivity index (χ1n) is 7.89. The molecule has 132 valence electrons. The Morgan fingerprint density at radius 1 is 1.27 bits per heavy atom. The molecular formula is C15H33NO4SSi. The zero-order chi connectivity index (χ0) is 17.2. The first-order valence-corrected chi connectivity index (χ1v) is 10.3. The Labute approximate surface area is 142 Å². The molecule has 0 amide bonds. The van der Waals surface area contributed by atoms with E-state index in [1.807, 2.05) is 19.0 Å². The Bertz CT molecular complexity index is 314. The summed E-state index contributed by atoms with van der Waals surface area (Å²) >= 11 is 4.57. The number of rotatable bonds is 13. The van der Waals surface area contributed by atoms with E-state index < -0.39 is 8.80 Å². The number of carbonyl (C=O) groups excluding carboxylic acids is 1. The predicted octanol–water partition coefficient (Wildman–Crippen LogP) is 2.84. The van der Waals surface area contributed by atoms with Crippen LogP contribution in [0.2, 0.25) is 6.04 Å². The molecular weight excluding hydrogens is 318 g/mol. The summed E-state index contributed by atoms with van der Waals surface area (Å²) in [4.78, 5) is 14.1. The van der Waals surface area contributed by atoms with E-state index in [0.717, 1.165) is 12.8 Å². The molecule has 5 nitrogen and oxygen atoms in total. The zero-order valence-electron chi connectivity index (χ0n) is 14.9. The summed E-state index contributed by atoms with van der Waals surface area (Å²) in [6.45, 7) is 4.65. The fourth-order valence-electron chi connectivity index (χ4n) is 2.17. The van der Waals surface area contributed by atoms with Gasteiger partial charge < -0.3 is 13.3 Å². The summed E-state index contributed by atoms with van der Waals surface area (Å²) in [6.07, 6.45) is 3.12. The van der Waals surface area contributed by atoms with Crippen molar-refractivity contribution in [2.75, 3.05) is 35.0 Å². The topological polar surface area (TPSA) is 48.0 Å². The molecule has 0 aromatic heterocycles. The Morgan fingerprint density at radius 3 is 2.32 bits per heavy atom. The largest absolute Gasteiger partial charge is 0.501 e. The minimum Gasteiger partial charge on any atom is -0.377 e. The van der Waals surface area contributed by atoms with E-state index in [0.29, 0.717) is 31.5 Å². The molecule has 0 radical (unpaired) electrons. The maximum atomic E-state index is 12.2. The van der Waals surface area contributed by atoms with Crippen LogP contribution >= 0.6 is 12.6 Å². The zero-order valence-corrected chi connectivity index (χ0v) is 16.8. The smallest absolute Gasteiger partial charge is 0.377 e. The second kappa shape index (κ2) is 11.6. The van der Waals surface area contributed by atoms with E-state index >= 15 is 0 Å². The van der Waals surface area contributed by atoms with Gasteiger partial charge in [0.1, 0.15) is 5.78 Å². The van der Waals surface area contributed by atoms with E-state index in [4.69, 9.17) is 13.3 Å². The molecule has 0 heterocycles. The molecule has 0 fully saturated rings. The lowest BCUT2D eigenvalue weighted by Crippen LogP contribution is -2.46. The lowest BCUT2D eigenvalue weighted by Gasteiger charge is -2.28. The lowest BCUT2D eigenvalue weighted by atomic mass is 9.97. The third kappa shape index (κ3) is 8.64. The highest BCUT2D eigenvalue weighted by Crippen LogP contribution is 2.22. The first-order chi connectivity index (χ1) is 10.3. The van der Waals surface area contributed by atoms with Gasteiger partial charge in [0, 0.05) is 38.4 Å². The molecule has 0 spiro atoms. The molecule has 2 atom stereocenters. The Morgan fingerprint density at radius 2 is 1.86 bits per heavy atom. The molecule has 0 aliphatic carbocycles. The molecule has 0 saturated heterocycles. The molecule has 0 saturated carbocycles. The fraction of sp³-hybridized carbons (Fsp3) is 0.933. The molecule has 22 heavy (non-hydrogen) atoms. The second-order valence-electron chi connectivity index (χ2n) is 6.02. The maximum absolute atomic E-state index is 12.2. The van der Waals surface area contributed by atoms with Gasteiger partial charge in [0.05, 0.1) is 6.73 Å². The van der Waals surface area contributed by atoms with E-state index in [1.165, 1.54) is 0 Å². The van der Waals surface area contributed by atoms with Crippen LogP contribution in [0.5, 0.6) is 0 Å². The van der Waals surface area contributed by atoms with Crippen LogP contribution in [0.1, 0.15) is 39.5 Å². The summed E-state index contributed by atoms with van der Waals surface area (Å²) in [6, 6.07) is 0.518. The Balaban J connectivity index is 4.37. The van der Waals surface area contributed by atoms with Crippen molar-refractivity contribution < 1.29 is 18.1 Å². The maximum Gasteiger partial charge on any atom is 0.501 e. The molecule has 0 N–H and O–H groups in total. The molecule has 0 rings (SSSR count). The van der Waals surface area contributed by atoms with Crippen LogP contribution in [0.15, 0.2) is 0 Å². The van der Waals surface area contributed by atoms with Crippen molar-refractivity contribution in [2.24, 2.45) is 5.92 Å². The van der Waals surface area contributed by atoms with Crippen LogP contribution in [0.3, 0.4) is 0 Å². The van der Waals surface area contributed by atoms with Gasteiger partial charge in [0.2, 0.25) is 0 Å². The average molecular weight is 352 g/mol. The van der Waals surface area contributed by atoms with Gasteiger partial charge >= 0.3 is 8.80 Å². The number of Topliss-reactive ketones (excluding diaryl/α,β-unsaturated/α-hetero) is 1. The first kappa shape index (κ1) is 22.1. The van der Waals surface area contributed by atoms with Crippen molar-refractivity contribution in [3.63, 3.8) is 0 Å². The van der Waals surface area contributed by atoms with Gasteiger partial charge in [0.25, 0.3) is 0 Å². The third-order valence-corrected chi connectivity index (χ3v) is 7.11. The summed E-state index contributed by atoms with van der Waals surface area (Å²) in [5.41, 5.74) is 0. The number of carbonyl (C=O) groups is 1. The number of thiol groups is 1. The molecule has 0 aliphatic rings. The van der Waals surface area contributed by atoms with E-state index in [9.17, 15) is 4.79 Å². The van der Waals surface area contributed by atoms with Crippen molar-refractivity contribution in [3.05, 3.63) is 0 Å². The van der Waals surface area contributed by atoms with Crippen LogP contribution in [-0.4, -0.2) is 59.8 Å². The lowest BCUT2D eigenvalue weighted by molar-refractivity contribution is -0.119. The molecule has 0 aromatic carbocycles. The molecule has 2 unspecified atom stereocenters. The number of nitrogens with zero attached hydrogens (tertiary/aromatic N) is 1. The van der Waals surface area contributed by atoms with Crippen molar-refractivity contribution in [2.45, 2.75) is 50.8 Å². The summed E-state index contributed by atoms with van der Waals surface area (Å²) in [7, 11) is 4.26. The van der Waals surface area contributed by atoms with Gasteiger partial charge in [-0.1, -0.05) is 20.3 Å². The van der Waals surface area contributed by atoms with Crippen LogP contribution in [0.4, 0.5) is 0 Å². The molecule has 0 aromatic rings. The minimum atomic E-state index is -2.74. The van der Waals surface area contributed by atoms with Gasteiger partial charge in [0.15, 0.2) is 0 Å². The third-order valence-electron chi connectivity index (χ3n) is 3.67. The minimum absolute atomic E-state index is 0.224. The van der Waals surface area contributed by atoms with Gasteiger partial charge in [-0.05, 0) is 26.4 Å². The quantitative estimate of drug-likeness (QED) is 0.314. The van der Waals surface area contributed by atoms with Crippen LogP contribution in [0, 0.1) is 5.92 Å². The van der Waals surface area contributed by atoms with Crippen molar-refractivity contribution in [1.82, 2.24) is 4.90 Å². The highest BCUT2D eigenvalue weighted by atomic mass is 32.1. The Kier molecular flexibility index (Phi) is 11.6.